The van der Waals surface area contributed by atoms with Crippen molar-refractivity contribution in [2.75, 3.05) is 6.54 Å². The van der Waals surface area contributed by atoms with Crippen molar-refractivity contribution >= 4 is 17.2 Å². The highest BCUT2D eigenvalue weighted by Crippen LogP contribution is 2.34. The molecule has 4 nitrogen and oxygen atoms in total. The Kier molecular flexibility index (Phi) is 4.27. The van der Waals surface area contributed by atoms with Crippen LogP contribution < -0.4 is 5.32 Å². The Bertz CT molecular complexity index is 683. The predicted molar refractivity (Wildman–Crippen MR) is 87.1 cm³/mol. The molecule has 1 amide bonds. The average molecular weight is 316 g/mol. The Balaban J connectivity index is 1.72. The van der Waals surface area contributed by atoms with Gasteiger partial charge >= 0.3 is 0 Å². The average Bonchev–Trinajstić information content (AvgIpc) is 3.02. The molecule has 1 aliphatic rings. The predicted octanol–water partition coefficient (Wildman–Crippen LogP) is 2.66. The Morgan fingerprint density at radius 2 is 2.27 bits per heavy atom. The van der Waals surface area contributed by atoms with E-state index in [2.05, 4.69) is 16.4 Å². The van der Waals surface area contributed by atoms with Crippen LogP contribution in [0.25, 0.3) is 0 Å². The van der Waals surface area contributed by atoms with Gasteiger partial charge < -0.3 is 10.4 Å². The van der Waals surface area contributed by atoms with E-state index in [1.54, 1.807) is 6.20 Å². The Labute approximate surface area is 134 Å². The molecule has 1 unspecified atom stereocenters. The number of thiazole rings is 1. The number of hydrogen-bond acceptors (Lipinski definition) is 4. The zero-order chi connectivity index (χ0) is 15.6. The van der Waals surface area contributed by atoms with Crippen molar-refractivity contribution in [2.45, 2.75) is 38.2 Å². The Hall–Kier alpha value is -1.72. The molecule has 0 fully saturated rings. The highest BCUT2D eigenvalue weighted by molar-refractivity contribution is 7.13. The van der Waals surface area contributed by atoms with Gasteiger partial charge in [0.2, 0.25) is 0 Å². The summed E-state index contributed by atoms with van der Waals surface area (Å²) in [5, 5.41) is 14.8. The summed E-state index contributed by atoms with van der Waals surface area (Å²) in [7, 11) is 0. The summed E-state index contributed by atoms with van der Waals surface area (Å²) < 4.78 is 0. The number of aliphatic hydroxyl groups is 1. The van der Waals surface area contributed by atoms with Gasteiger partial charge in [0.15, 0.2) is 0 Å². The number of carbonyl (C=O) groups is 1. The molecule has 5 heteroatoms. The van der Waals surface area contributed by atoms with E-state index in [1.807, 2.05) is 25.1 Å². The highest BCUT2D eigenvalue weighted by Gasteiger charge is 2.34. The van der Waals surface area contributed by atoms with Gasteiger partial charge in [0, 0.05) is 0 Å². The third-order valence-electron chi connectivity index (χ3n) is 4.18. The fourth-order valence-electron chi connectivity index (χ4n) is 2.97. The Morgan fingerprint density at radius 1 is 1.45 bits per heavy atom. The van der Waals surface area contributed by atoms with Gasteiger partial charge in [-0.2, -0.15) is 0 Å². The fraction of sp³-hybridized carbons (Fsp3) is 0.412. The van der Waals surface area contributed by atoms with E-state index < -0.39 is 5.60 Å². The third-order valence-corrected chi connectivity index (χ3v) is 5.32. The van der Waals surface area contributed by atoms with Crippen molar-refractivity contribution in [3.8, 4) is 0 Å². The second kappa shape index (κ2) is 6.18. The molecule has 116 valence electrons. The molecule has 1 aliphatic carbocycles. The van der Waals surface area contributed by atoms with Gasteiger partial charge in [-0.15, -0.1) is 11.3 Å². The molecule has 0 aliphatic heterocycles. The number of amides is 1. The van der Waals surface area contributed by atoms with Gasteiger partial charge in [0.05, 0.1) is 17.7 Å². The summed E-state index contributed by atoms with van der Waals surface area (Å²) >= 11 is 1.41. The van der Waals surface area contributed by atoms with Crippen LogP contribution in [-0.2, 0) is 18.4 Å². The van der Waals surface area contributed by atoms with Crippen LogP contribution in [-0.4, -0.2) is 22.5 Å². The van der Waals surface area contributed by atoms with E-state index >= 15 is 0 Å². The van der Waals surface area contributed by atoms with Crippen molar-refractivity contribution in [3.63, 3.8) is 0 Å². The van der Waals surface area contributed by atoms with Crippen LogP contribution in [0.5, 0.6) is 0 Å². The molecule has 3 rings (SSSR count). The van der Waals surface area contributed by atoms with Crippen LogP contribution in [0, 0.1) is 0 Å². The van der Waals surface area contributed by atoms with Gasteiger partial charge in [-0.3, -0.25) is 4.79 Å². The topological polar surface area (TPSA) is 62.2 Å². The molecule has 1 aromatic heterocycles. The molecule has 0 radical (unpaired) electrons. The number of aryl methyl sites for hydroxylation is 2. The first kappa shape index (κ1) is 15.2. The zero-order valence-corrected chi connectivity index (χ0v) is 13.4. The number of carbonyl (C=O) groups excluding carboxylic acids is 1. The number of rotatable bonds is 4. The summed E-state index contributed by atoms with van der Waals surface area (Å²) in [6.45, 7) is 2.25. The van der Waals surface area contributed by atoms with Gasteiger partial charge in [-0.1, -0.05) is 31.2 Å². The smallest absolute Gasteiger partial charge is 0.263 e. The van der Waals surface area contributed by atoms with E-state index in [0.29, 0.717) is 11.3 Å². The van der Waals surface area contributed by atoms with Crippen LogP contribution in [0.1, 0.15) is 45.6 Å². The summed E-state index contributed by atoms with van der Waals surface area (Å²) in [6, 6.07) is 7.95. The maximum Gasteiger partial charge on any atom is 0.263 e. The van der Waals surface area contributed by atoms with Crippen LogP contribution >= 0.6 is 11.3 Å². The molecule has 1 heterocycles. The highest BCUT2D eigenvalue weighted by atomic mass is 32.1. The SMILES string of the molecule is CCc1ncc(C(=O)NCC2(O)CCCc3ccccc32)s1. The van der Waals surface area contributed by atoms with E-state index in [-0.39, 0.29) is 12.5 Å². The number of aromatic nitrogens is 1. The lowest BCUT2D eigenvalue weighted by atomic mass is 9.79. The van der Waals surface area contributed by atoms with Crippen LogP contribution in [0.2, 0.25) is 0 Å². The number of benzene rings is 1. The van der Waals surface area contributed by atoms with E-state index in [4.69, 9.17) is 0 Å². The van der Waals surface area contributed by atoms with Crippen molar-refractivity contribution in [1.29, 1.82) is 0 Å². The minimum Gasteiger partial charge on any atom is -0.383 e. The molecular weight excluding hydrogens is 296 g/mol. The first-order chi connectivity index (χ1) is 10.6. The number of hydrogen-bond donors (Lipinski definition) is 2. The number of nitrogens with zero attached hydrogens (tertiary/aromatic N) is 1. The minimum atomic E-state index is -0.969. The molecule has 1 atom stereocenters. The first-order valence-electron chi connectivity index (χ1n) is 7.66. The largest absolute Gasteiger partial charge is 0.383 e. The minimum absolute atomic E-state index is 0.159. The van der Waals surface area contributed by atoms with Gasteiger partial charge in [0.1, 0.15) is 10.5 Å². The molecule has 0 saturated heterocycles. The van der Waals surface area contributed by atoms with Gasteiger partial charge in [-0.05, 0) is 36.8 Å². The normalized spacial score (nSPS) is 20.5. The molecule has 0 bridgehead atoms. The number of fused-ring (bicyclic) bond motifs is 1. The van der Waals surface area contributed by atoms with Crippen molar-refractivity contribution in [2.24, 2.45) is 0 Å². The molecule has 22 heavy (non-hydrogen) atoms. The third kappa shape index (κ3) is 2.91. The first-order valence-corrected chi connectivity index (χ1v) is 8.48. The lowest BCUT2D eigenvalue weighted by Crippen LogP contribution is -2.42. The molecule has 2 aromatic rings. The van der Waals surface area contributed by atoms with Crippen molar-refractivity contribution in [1.82, 2.24) is 10.3 Å². The van der Waals surface area contributed by atoms with E-state index in [9.17, 15) is 9.90 Å². The Morgan fingerprint density at radius 3 is 3.05 bits per heavy atom. The lowest BCUT2D eigenvalue weighted by Gasteiger charge is -2.34. The standard InChI is InChI=1S/C17H20N2O2S/c1-2-15-18-10-14(22-15)16(20)19-11-17(21)9-5-7-12-6-3-4-8-13(12)17/h3-4,6,8,10,21H,2,5,7,9,11H2,1H3,(H,19,20). The maximum atomic E-state index is 12.2. The second-order valence-electron chi connectivity index (χ2n) is 5.70. The van der Waals surface area contributed by atoms with Gasteiger partial charge in [-0.25, -0.2) is 4.98 Å². The second-order valence-corrected chi connectivity index (χ2v) is 6.81. The van der Waals surface area contributed by atoms with Crippen LogP contribution in [0.4, 0.5) is 0 Å². The van der Waals surface area contributed by atoms with Crippen LogP contribution in [0.3, 0.4) is 0 Å². The summed E-state index contributed by atoms with van der Waals surface area (Å²) in [5.74, 6) is -0.159. The quantitative estimate of drug-likeness (QED) is 0.911. The molecule has 0 spiro atoms. The summed E-state index contributed by atoms with van der Waals surface area (Å²) in [6.07, 6.45) is 5.03. The molecular formula is C17H20N2O2S. The van der Waals surface area contributed by atoms with Crippen molar-refractivity contribution < 1.29 is 9.90 Å². The van der Waals surface area contributed by atoms with E-state index in [1.165, 1.54) is 16.9 Å². The van der Waals surface area contributed by atoms with Gasteiger partial charge in [0.25, 0.3) is 5.91 Å². The molecule has 0 saturated carbocycles. The summed E-state index contributed by atoms with van der Waals surface area (Å²) in [4.78, 5) is 17.0. The zero-order valence-electron chi connectivity index (χ0n) is 12.6. The van der Waals surface area contributed by atoms with Crippen LogP contribution in [0.15, 0.2) is 30.5 Å². The summed E-state index contributed by atoms with van der Waals surface area (Å²) in [5.41, 5.74) is 1.15. The van der Waals surface area contributed by atoms with E-state index in [0.717, 1.165) is 29.8 Å². The van der Waals surface area contributed by atoms with Crippen molar-refractivity contribution in [3.05, 3.63) is 51.5 Å². The number of nitrogens with one attached hydrogen (secondary N) is 1. The maximum absolute atomic E-state index is 12.2. The molecule has 1 aromatic carbocycles. The monoisotopic (exact) mass is 316 g/mol. The lowest BCUT2D eigenvalue weighted by molar-refractivity contribution is 0.0190. The fourth-order valence-corrected chi connectivity index (χ4v) is 3.75. The molecule has 2 N–H and O–H groups in total.